The van der Waals surface area contributed by atoms with Crippen molar-refractivity contribution in [3.05, 3.63) is 48.3 Å². The molecule has 0 radical (unpaired) electrons. The van der Waals surface area contributed by atoms with E-state index in [0.29, 0.717) is 17.2 Å². The number of anilines is 1. The average Bonchev–Trinajstić information content (AvgIpc) is 2.54. The molecular weight excluding hydrogens is 348 g/mol. The van der Waals surface area contributed by atoms with Gasteiger partial charge in [0.05, 0.1) is 6.42 Å². The zero-order valence-corrected chi connectivity index (χ0v) is 15.7. The minimum Gasteiger partial charge on any atom is -0.457 e. The van der Waals surface area contributed by atoms with E-state index in [1.807, 2.05) is 0 Å². The van der Waals surface area contributed by atoms with Gasteiger partial charge in [-0.15, -0.1) is 0 Å². The normalized spacial score (nSPS) is 10.8. The van der Waals surface area contributed by atoms with E-state index in [1.165, 1.54) is 19.2 Å². The Labute approximate surface area is 157 Å². The van der Waals surface area contributed by atoms with Crippen molar-refractivity contribution in [2.45, 2.75) is 39.7 Å². The smallest absolute Gasteiger partial charge is 0.412 e. The second kappa shape index (κ2) is 8.44. The third-order valence-electron chi connectivity index (χ3n) is 3.16. The Morgan fingerprint density at radius 2 is 1.70 bits per heavy atom. The second-order valence-electron chi connectivity index (χ2n) is 6.93. The van der Waals surface area contributed by atoms with Gasteiger partial charge in [0, 0.05) is 18.0 Å². The summed E-state index contributed by atoms with van der Waals surface area (Å²) in [4.78, 5) is 38.7. The summed E-state index contributed by atoms with van der Waals surface area (Å²) in [5, 5.41) is 2.63. The third-order valence-corrected chi connectivity index (χ3v) is 3.16. The van der Waals surface area contributed by atoms with Crippen LogP contribution >= 0.6 is 0 Å². The number of nitrogens with zero attached hydrogens (tertiary/aromatic N) is 1. The van der Waals surface area contributed by atoms with Crippen molar-refractivity contribution in [3.8, 4) is 11.5 Å². The van der Waals surface area contributed by atoms with Crippen molar-refractivity contribution in [1.29, 1.82) is 0 Å². The summed E-state index contributed by atoms with van der Waals surface area (Å²) in [7, 11) is 0. The molecule has 1 aromatic carbocycles. The highest BCUT2D eigenvalue weighted by Gasteiger charge is 2.16. The van der Waals surface area contributed by atoms with Gasteiger partial charge in [-0.1, -0.05) is 0 Å². The van der Waals surface area contributed by atoms with Crippen LogP contribution in [0.25, 0.3) is 0 Å². The molecule has 1 heterocycles. The lowest BCUT2D eigenvalue weighted by molar-refractivity contribution is -0.116. The summed E-state index contributed by atoms with van der Waals surface area (Å²) < 4.78 is 10.9. The van der Waals surface area contributed by atoms with Gasteiger partial charge in [0.25, 0.3) is 0 Å². The number of ketones is 2. The second-order valence-corrected chi connectivity index (χ2v) is 6.93. The molecule has 2 rings (SSSR count). The maximum Gasteiger partial charge on any atom is 0.412 e. The molecule has 0 spiro atoms. The van der Waals surface area contributed by atoms with Crippen LogP contribution in [-0.2, 0) is 9.53 Å². The number of aromatic nitrogens is 1. The molecule has 1 amide bonds. The standard InChI is InChI=1S/C20H22N2O5/c1-13(23)11-18(24)17-12-16(9-10-21-17)26-15-7-5-14(6-8-15)22-19(25)27-20(2,3)4/h5-10,12H,11H2,1-4H3,(H,22,25). The van der Waals surface area contributed by atoms with Crippen molar-refractivity contribution in [2.24, 2.45) is 0 Å². The topological polar surface area (TPSA) is 94.6 Å². The molecule has 0 aliphatic heterocycles. The highest BCUT2D eigenvalue weighted by molar-refractivity contribution is 6.06. The lowest BCUT2D eigenvalue weighted by Gasteiger charge is -2.19. The van der Waals surface area contributed by atoms with Gasteiger partial charge >= 0.3 is 6.09 Å². The molecule has 7 nitrogen and oxygen atoms in total. The van der Waals surface area contributed by atoms with Gasteiger partial charge in [-0.3, -0.25) is 19.9 Å². The number of pyridine rings is 1. The highest BCUT2D eigenvalue weighted by Crippen LogP contribution is 2.24. The fourth-order valence-corrected chi connectivity index (χ4v) is 2.11. The van der Waals surface area contributed by atoms with E-state index in [2.05, 4.69) is 10.3 Å². The number of hydrogen-bond acceptors (Lipinski definition) is 6. The lowest BCUT2D eigenvalue weighted by atomic mass is 10.1. The van der Waals surface area contributed by atoms with Crippen LogP contribution in [0.1, 0.15) is 44.6 Å². The lowest BCUT2D eigenvalue weighted by Crippen LogP contribution is -2.27. The van der Waals surface area contributed by atoms with Crippen LogP contribution in [0.2, 0.25) is 0 Å². The molecule has 0 saturated carbocycles. The predicted molar refractivity (Wildman–Crippen MR) is 100 cm³/mol. The number of amides is 1. The van der Waals surface area contributed by atoms with Crippen molar-refractivity contribution < 1.29 is 23.9 Å². The van der Waals surface area contributed by atoms with Gasteiger partial charge in [0.2, 0.25) is 0 Å². The molecule has 27 heavy (non-hydrogen) atoms. The van der Waals surface area contributed by atoms with Crippen LogP contribution in [0.15, 0.2) is 42.6 Å². The summed E-state index contributed by atoms with van der Waals surface area (Å²) in [5.41, 5.74) is 0.154. The minimum absolute atomic E-state index is 0.172. The molecule has 7 heteroatoms. The number of carbonyl (C=O) groups is 3. The largest absolute Gasteiger partial charge is 0.457 e. The molecule has 142 valence electrons. The van der Waals surface area contributed by atoms with E-state index in [4.69, 9.17) is 9.47 Å². The first-order valence-electron chi connectivity index (χ1n) is 8.39. The molecule has 0 bridgehead atoms. The Kier molecular flexibility index (Phi) is 6.28. The summed E-state index contributed by atoms with van der Waals surface area (Å²) >= 11 is 0. The fraction of sp³-hybridized carbons (Fsp3) is 0.300. The SMILES string of the molecule is CC(=O)CC(=O)c1cc(Oc2ccc(NC(=O)OC(C)(C)C)cc2)ccn1. The van der Waals surface area contributed by atoms with Crippen LogP contribution in [0, 0.1) is 0 Å². The first kappa shape index (κ1) is 20.1. The van der Waals surface area contributed by atoms with Gasteiger partial charge in [-0.25, -0.2) is 4.79 Å². The first-order valence-corrected chi connectivity index (χ1v) is 8.39. The van der Waals surface area contributed by atoms with E-state index >= 15 is 0 Å². The van der Waals surface area contributed by atoms with Crippen molar-refractivity contribution in [3.63, 3.8) is 0 Å². The number of hydrogen-bond donors (Lipinski definition) is 1. The fourth-order valence-electron chi connectivity index (χ4n) is 2.11. The number of benzene rings is 1. The zero-order chi connectivity index (χ0) is 20.0. The Hall–Kier alpha value is -3.22. The van der Waals surface area contributed by atoms with Crippen LogP contribution < -0.4 is 10.1 Å². The molecule has 0 atom stereocenters. The molecule has 0 fully saturated rings. The van der Waals surface area contributed by atoms with Crippen molar-refractivity contribution >= 4 is 23.3 Å². The van der Waals surface area contributed by atoms with Crippen molar-refractivity contribution in [2.75, 3.05) is 5.32 Å². The van der Waals surface area contributed by atoms with E-state index in [-0.39, 0.29) is 23.7 Å². The van der Waals surface area contributed by atoms with Crippen LogP contribution in [0.5, 0.6) is 11.5 Å². The minimum atomic E-state index is -0.577. The summed E-state index contributed by atoms with van der Waals surface area (Å²) in [5.74, 6) is 0.358. The van der Waals surface area contributed by atoms with E-state index in [9.17, 15) is 14.4 Å². The van der Waals surface area contributed by atoms with Gasteiger partial charge in [-0.2, -0.15) is 0 Å². The number of rotatable bonds is 6. The number of ether oxygens (including phenoxy) is 2. The molecule has 0 unspecified atom stereocenters. The molecule has 2 aromatic rings. The maximum absolute atomic E-state index is 11.9. The van der Waals surface area contributed by atoms with E-state index < -0.39 is 11.7 Å². The highest BCUT2D eigenvalue weighted by atomic mass is 16.6. The van der Waals surface area contributed by atoms with E-state index in [0.717, 1.165) is 0 Å². The molecule has 0 aliphatic carbocycles. The summed E-state index contributed by atoms with van der Waals surface area (Å²) in [6, 6.07) is 9.77. The zero-order valence-electron chi connectivity index (χ0n) is 15.7. The predicted octanol–water partition coefficient (Wildman–Crippen LogP) is 4.38. The maximum atomic E-state index is 11.9. The van der Waals surface area contributed by atoms with E-state index in [1.54, 1.807) is 51.1 Å². The average molecular weight is 370 g/mol. The molecular formula is C20H22N2O5. The van der Waals surface area contributed by atoms with Crippen LogP contribution in [-0.4, -0.2) is 28.2 Å². The quantitative estimate of drug-likeness (QED) is 0.599. The number of carbonyl (C=O) groups excluding carboxylic acids is 3. The Balaban J connectivity index is 2.01. The molecule has 0 aliphatic rings. The van der Waals surface area contributed by atoms with Gasteiger partial charge in [-0.05, 0) is 58.0 Å². The Morgan fingerprint density at radius 1 is 1.04 bits per heavy atom. The van der Waals surface area contributed by atoms with Gasteiger partial charge in [0.1, 0.15) is 28.6 Å². The number of nitrogens with one attached hydrogen (secondary N) is 1. The van der Waals surface area contributed by atoms with Gasteiger partial charge in [0.15, 0.2) is 5.78 Å². The molecule has 1 N–H and O–H groups in total. The Morgan fingerprint density at radius 3 is 2.30 bits per heavy atom. The van der Waals surface area contributed by atoms with Crippen LogP contribution in [0.3, 0.4) is 0 Å². The number of Topliss-reactive ketones (excluding diaryl/α,β-unsaturated/α-hetero) is 2. The Bertz CT molecular complexity index is 838. The van der Waals surface area contributed by atoms with Crippen LogP contribution in [0.4, 0.5) is 10.5 Å². The third kappa shape index (κ3) is 6.89. The van der Waals surface area contributed by atoms with Crippen molar-refractivity contribution in [1.82, 2.24) is 4.98 Å². The van der Waals surface area contributed by atoms with Gasteiger partial charge < -0.3 is 9.47 Å². The first-order chi connectivity index (χ1) is 12.6. The molecule has 0 saturated heterocycles. The summed E-state index contributed by atoms with van der Waals surface area (Å²) in [6.07, 6.45) is 0.710. The monoisotopic (exact) mass is 370 g/mol. The summed E-state index contributed by atoms with van der Waals surface area (Å²) in [6.45, 7) is 6.71. The molecule has 1 aromatic heterocycles.